The molecule has 0 atom stereocenters. The van der Waals surface area contributed by atoms with Crippen LogP contribution in [0.3, 0.4) is 0 Å². The number of nitrogens with two attached hydrogens (primary N) is 1. The van der Waals surface area contributed by atoms with Gasteiger partial charge in [-0.1, -0.05) is 55.7 Å². The van der Waals surface area contributed by atoms with E-state index in [2.05, 4.69) is 0 Å². The normalized spacial score (nSPS) is 16.7. The lowest BCUT2D eigenvalue weighted by Gasteiger charge is -2.29. The zero-order valence-electron chi connectivity index (χ0n) is 14.5. The summed E-state index contributed by atoms with van der Waals surface area (Å²) in [6, 6.07) is 13.3. The number of ketones is 1. The first-order chi connectivity index (χ1) is 12.7. The van der Waals surface area contributed by atoms with Crippen molar-refractivity contribution >= 4 is 22.4 Å². The first kappa shape index (κ1) is 15.4. The van der Waals surface area contributed by atoms with Crippen LogP contribution in [0.2, 0.25) is 0 Å². The van der Waals surface area contributed by atoms with Crippen molar-refractivity contribution < 1.29 is 4.79 Å². The van der Waals surface area contributed by atoms with Crippen LogP contribution < -0.4 is 11.3 Å². The Morgan fingerprint density at radius 1 is 0.846 bits per heavy atom. The quantitative estimate of drug-likeness (QED) is 0.560. The minimum Gasteiger partial charge on any atom is -0.394 e. The number of nitrogen functional groups attached to an aromatic ring is 1. The Labute approximate surface area is 151 Å². The van der Waals surface area contributed by atoms with Gasteiger partial charge in [0.2, 0.25) is 0 Å². The number of pyridine rings is 1. The maximum Gasteiger partial charge on any atom is 0.275 e. The molecule has 5 rings (SSSR count). The second kappa shape index (κ2) is 5.56. The fourth-order valence-electron chi connectivity index (χ4n) is 4.70. The number of anilines is 1. The van der Waals surface area contributed by atoms with Crippen molar-refractivity contribution in [2.24, 2.45) is 0 Å². The highest BCUT2D eigenvalue weighted by molar-refractivity contribution is 6.26. The van der Waals surface area contributed by atoms with Gasteiger partial charge in [0.05, 0.1) is 5.52 Å². The number of rotatable bonds is 1. The van der Waals surface area contributed by atoms with Gasteiger partial charge in [0.25, 0.3) is 5.56 Å². The van der Waals surface area contributed by atoms with Crippen molar-refractivity contribution in [1.29, 1.82) is 0 Å². The largest absolute Gasteiger partial charge is 0.394 e. The molecule has 0 spiro atoms. The molecule has 4 nitrogen and oxygen atoms in total. The standard InChI is InChI=1S/C22H20N2O2/c23-20-19-14-9-4-5-10-15(14)21(25)16-11-6-12-17(18(16)19)24(22(20)26)13-7-2-1-3-8-13/h4-6,9-13H,1-3,7-8,23H2. The summed E-state index contributed by atoms with van der Waals surface area (Å²) in [5.41, 5.74) is 10.1. The van der Waals surface area contributed by atoms with Crippen LogP contribution in [0.25, 0.3) is 22.0 Å². The predicted molar refractivity (Wildman–Crippen MR) is 104 cm³/mol. The zero-order chi connectivity index (χ0) is 17.8. The molecule has 26 heavy (non-hydrogen) atoms. The third-order valence-corrected chi connectivity index (χ3v) is 5.90. The lowest BCUT2D eigenvalue weighted by molar-refractivity contribution is 0.104. The number of carbonyl (C=O) groups is 1. The average molecular weight is 344 g/mol. The van der Waals surface area contributed by atoms with Crippen LogP contribution >= 0.6 is 0 Å². The molecule has 130 valence electrons. The molecular weight excluding hydrogens is 324 g/mol. The summed E-state index contributed by atoms with van der Waals surface area (Å²) in [5, 5.41) is 0.832. The lowest BCUT2D eigenvalue weighted by atomic mass is 9.83. The van der Waals surface area contributed by atoms with E-state index in [1.807, 2.05) is 47.0 Å². The van der Waals surface area contributed by atoms with Gasteiger partial charge in [0, 0.05) is 28.1 Å². The van der Waals surface area contributed by atoms with Gasteiger partial charge in [-0.15, -0.1) is 0 Å². The molecule has 4 heteroatoms. The fraction of sp³-hybridized carbons (Fsp3) is 0.273. The Kier molecular flexibility index (Phi) is 3.29. The minimum absolute atomic E-state index is 0.00643. The highest BCUT2D eigenvalue weighted by atomic mass is 16.1. The van der Waals surface area contributed by atoms with E-state index in [9.17, 15) is 9.59 Å². The molecule has 2 N–H and O–H groups in total. The number of hydrogen-bond acceptors (Lipinski definition) is 3. The Balaban J connectivity index is 1.94. The summed E-state index contributed by atoms with van der Waals surface area (Å²) >= 11 is 0. The van der Waals surface area contributed by atoms with Gasteiger partial charge >= 0.3 is 0 Å². The monoisotopic (exact) mass is 344 g/mol. The fourth-order valence-corrected chi connectivity index (χ4v) is 4.70. The van der Waals surface area contributed by atoms with Crippen molar-refractivity contribution in [1.82, 2.24) is 4.57 Å². The highest BCUT2D eigenvalue weighted by Gasteiger charge is 2.30. The van der Waals surface area contributed by atoms with Gasteiger partial charge in [0.1, 0.15) is 5.69 Å². The van der Waals surface area contributed by atoms with Gasteiger partial charge in [-0.2, -0.15) is 0 Å². The van der Waals surface area contributed by atoms with Crippen LogP contribution in [0.4, 0.5) is 5.69 Å². The molecule has 3 aromatic rings. The molecule has 0 aliphatic heterocycles. The Morgan fingerprint density at radius 2 is 1.54 bits per heavy atom. The molecule has 0 saturated heterocycles. The molecule has 1 saturated carbocycles. The van der Waals surface area contributed by atoms with Gasteiger partial charge in [0.15, 0.2) is 5.78 Å². The molecule has 0 bridgehead atoms. The van der Waals surface area contributed by atoms with Crippen molar-refractivity contribution in [3.8, 4) is 11.1 Å². The summed E-state index contributed by atoms with van der Waals surface area (Å²) in [5.74, 6) is 0.00643. The SMILES string of the molecule is Nc1c2c3c(cccc3n(C3CCCCC3)c1=O)C(=O)c1ccccc1-2. The van der Waals surface area contributed by atoms with E-state index >= 15 is 0 Å². The second-order valence-corrected chi connectivity index (χ2v) is 7.33. The molecule has 0 radical (unpaired) electrons. The van der Waals surface area contributed by atoms with Crippen LogP contribution in [-0.4, -0.2) is 10.4 Å². The number of carbonyl (C=O) groups excluding carboxylic acids is 1. The van der Waals surface area contributed by atoms with E-state index in [4.69, 9.17) is 5.73 Å². The maximum absolute atomic E-state index is 13.2. The molecule has 2 aromatic carbocycles. The van der Waals surface area contributed by atoms with Crippen LogP contribution in [0, 0.1) is 0 Å². The summed E-state index contributed by atoms with van der Waals surface area (Å²) in [6.45, 7) is 0. The minimum atomic E-state index is -0.124. The maximum atomic E-state index is 13.2. The van der Waals surface area contributed by atoms with Crippen molar-refractivity contribution in [3.63, 3.8) is 0 Å². The summed E-state index contributed by atoms with van der Waals surface area (Å²) in [6.07, 6.45) is 5.45. The van der Waals surface area contributed by atoms with Gasteiger partial charge in [-0.05, 0) is 24.5 Å². The first-order valence-corrected chi connectivity index (χ1v) is 9.29. The zero-order valence-corrected chi connectivity index (χ0v) is 14.5. The van der Waals surface area contributed by atoms with Crippen LogP contribution in [0.15, 0.2) is 47.3 Å². The predicted octanol–water partition coefficient (Wildman–Crippen LogP) is 4.30. The van der Waals surface area contributed by atoms with E-state index in [1.165, 1.54) is 6.42 Å². The lowest BCUT2D eigenvalue weighted by Crippen LogP contribution is -2.30. The average Bonchev–Trinajstić information content (AvgIpc) is 2.69. The van der Waals surface area contributed by atoms with Crippen LogP contribution in [0.5, 0.6) is 0 Å². The van der Waals surface area contributed by atoms with E-state index in [1.54, 1.807) is 0 Å². The Bertz CT molecular complexity index is 1120. The molecule has 1 aromatic heterocycles. The van der Waals surface area contributed by atoms with E-state index in [0.717, 1.165) is 47.7 Å². The Morgan fingerprint density at radius 3 is 2.31 bits per heavy atom. The molecule has 1 fully saturated rings. The Hall–Kier alpha value is -2.88. The van der Waals surface area contributed by atoms with Crippen molar-refractivity contribution in [2.75, 3.05) is 5.73 Å². The molecule has 2 aliphatic carbocycles. The van der Waals surface area contributed by atoms with Crippen LogP contribution in [0.1, 0.15) is 54.1 Å². The third-order valence-electron chi connectivity index (χ3n) is 5.90. The van der Waals surface area contributed by atoms with E-state index < -0.39 is 0 Å². The van der Waals surface area contributed by atoms with Gasteiger partial charge in [-0.3, -0.25) is 9.59 Å². The molecule has 2 aliphatic rings. The number of hydrogen-bond donors (Lipinski definition) is 1. The van der Waals surface area contributed by atoms with Gasteiger partial charge in [-0.25, -0.2) is 0 Å². The molecule has 1 heterocycles. The summed E-state index contributed by atoms with van der Waals surface area (Å²) in [7, 11) is 0. The highest BCUT2D eigenvalue weighted by Crippen LogP contribution is 2.42. The number of aromatic nitrogens is 1. The summed E-state index contributed by atoms with van der Waals surface area (Å²) in [4.78, 5) is 26.3. The van der Waals surface area contributed by atoms with E-state index in [-0.39, 0.29) is 23.1 Å². The van der Waals surface area contributed by atoms with Crippen molar-refractivity contribution in [3.05, 3.63) is 63.9 Å². The number of fused-ring (bicyclic) bond motifs is 2. The van der Waals surface area contributed by atoms with Gasteiger partial charge < -0.3 is 10.3 Å². The number of benzene rings is 2. The molecular formula is C22H20N2O2. The van der Waals surface area contributed by atoms with Crippen molar-refractivity contribution in [2.45, 2.75) is 38.1 Å². The molecule has 0 unspecified atom stereocenters. The van der Waals surface area contributed by atoms with E-state index in [0.29, 0.717) is 11.1 Å². The summed E-state index contributed by atoms with van der Waals surface area (Å²) < 4.78 is 1.86. The second-order valence-electron chi connectivity index (χ2n) is 7.33. The molecule has 0 amide bonds. The third kappa shape index (κ3) is 1.96. The smallest absolute Gasteiger partial charge is 0.275 e. The first-order valence-electron chi connectivity index (χ1n) is 9.29. The van der Waals surface area contributed by atoms with Crippen LogP contribution in [-0.2, 0) is 0 Å². The topological polar surface area (TPSA) is 65.1 Å². The number of nitrogens with zero attached hydrogens (tertiary/aromatic N) is 1.